The van der Waals surface area contributed by atoms with Gasteiger partial charge in [0.2, 0.25) is 0 Å². The predicted octanol–water partition coefficient (Wildman–Crippen LogP) is -3.16. The SMILES string of the molecule is CC(C[C@H](N)C(=O)[O-])C(=O)[O-]. The Morgan fingerprint density at radius 2 is 1.82 bits per heavy atom. The zero-order valence-electron chi connectivity index (χ0n) is 6.07. The van der Waals surface area contributed by atoms with Crippen molar-refractivity contribution in [2.45, 2.75) is 19.4 Å². The lowest BCUT2D eigenvalue weighted by molar-refractivity contribution is -0.313. The molecule has 0 spiro atoms. The fourth-order valence-electron chi connectivity index (χ4n) is 0.573. The first kappa shape index (κ1) is 9.90. The zero-order valence-corrected chi connectivity index (χ0v) is 6.07. The van der Waals surface area contributed by atoms with Gasteiger partial charge >= 0.3 is 0 Å². The highest BCUT2D eigenvalue weighted by Gasteiger charge is 2.09. The highest BCUT2D eigenvalue weighted by molar-refractivity contribution is 5.73. The van der Waals surface area contributed by atoms with E-state index in [9.17, 15) is 19.8 Å². The van der Waals surface area contributed by atoms with E-state index < -0.39 is 23.9 Å². The molecule has 0 aromatic heterocycles. The molecule has 0 amide bonds. The summed E-state index contributed by atoms with van der Waals surface area (Å²) in [5.41, 5.74) is 5.00. The maximum absolute atomic E-state index is 10.1. The Morgan fingerprint density at radius 3 is 2.09 bits per heavy atom. The number of aliphatic carboxylic acids is 2. The third kappa shape index (κ3) is 3.57. The van der Waals surface area contributed by atoms with Crippen molar-refractivity contribution in [3.05, 3.63) is 0 Å². The first-order valence-corrected chi connectivity index (χ1v) is 3.12. The van der Waals surface area contributed by atoms with Crippen molar-refractivity contribution in [2.75, 3.05) is 0 Å². The molecule has 0 saturated heterocycles. The van der Waals surface area contributed by atoms with E-state index in [4.69, 9.17) is 5.73 Å². The normalized spacial score (nSPS) is 15.5. The van der Waals surface area contributed by atoms with E-state index >= 15 is 0 Å². The van der Waals surface area contributed by atoms with Gasteiger partial charge in [0.1, 0.15) is 0 Å². The highest BCUT2D eigenvalue weighted by atomic mass is 16.4. The third-order valence-corrected chi connectivity index (χ3v) is 1.31. The van der Waals surface area contributed by atoms with Crippen LogP contribution in [0, 0.1) is 5.92 Å². The minimum Gasteiger partial charge on any atom is -0.550 e. The quantitative estimate of drug-likeness (QED) is 0.466. The predicted molar refractivity (Wildman–Crippen MR) is 31.8 cm³/mol. The number of carboxylic acids is 2. The standard InChI is InChI=1S/C6H11NO4/c1-3(5(8)9)2-4(7)6(10)11/h3-4H,2,7H2,1H3,(H,8,9)(H,10,11)/p-2/t3?,4-/m0/s1. The molecule has 1 unspecified atom stereocenters. The third-order valence-electron chi connectivity index (χ3n) is 1.31. The van der Waals surface area contributed by atoms with Gasteiger partial charge in [0, 0.05) is 12.0 Å². The Bertz CT molecular complexity index is 150. The Labute approximate surface area is 63.8 Å². The van der Waals surface area contributed by atoms with Crippen molar-refractivity contribution < 1.29 is 19.8 Å². The first-order chi connectivity index (χ1) is 4.95. The van der Waals surface area contributed by atoms with Crippen molar-refractivity contribution in [1.82, 2.24) is 0 Å². The van der Waals surface area contributed by atoms with Gasteiger partial charge in [-0.2, -0.15) is 0 Å². The van der Waals surface area contributed by atoms with Gasteiger partial charge in [-0.15, -0.1) is 0 Å². The summed E-state index contributed by atoms with van der Waals surface area (Å²) in [5.74, 6) is -3.61. The summed E-state index contributed by atoms with van der Waals surface area (Å²) >= 11 is 0. The molecule has 2 atom stereocenters. The molecule has 5 heteroatoms. The fourth-order valence-corrected chi connectivity index (χ4v) is 0.573. The monoisotopic (exact) mass is 159 g/mol. The van der Waals surface area contributed by atoms with Crippen LogP contribution in [0.15, 0.2) is 0 Å². The minimum atomic E-state index is -1.45. The summed E-state index contributed by atoms with van der Waals surface area (Å²) < 4.78 is 0. The molecule has 0 aromatic rings. The summed E-state index contributed by atoms with van der Waals surface area (Å²) in [6, 6.07) is -1.23. The van der Waals surface area contributed by atoms with Gasteiger partial charge in [-0.3, -0.25) is 0 Å². The largest absolute Gasteiger partial charge is 0.550 e. The number of carbonyl (C=O) groups excluding carboxylic acids is 2. The Hall–Kier alpha value is -1.10. The Morgan fingerprint density at radius 1 is 1.36 bits per heavy atom. The van der Waals surface area contributed by atoms with Crippen LogP contribution >= 0.6 is 0 Å². The van der Waals surface area contributed by atoms with Crippen molar-refractivity contribution in [1.29, 1.82) is 0 Å². The van der Waals surface area contributed by atoms with Crippen LogP contribution in [0.25, 0.3) is 0 Å². The van der Waals surface area contributed by atoms with Crippen LogP contribution < -0.4 is 15.9 Å². The molecule has 2 N–H and O–H groups in total. The molecule has 0 aliphatic carbocycles. The molecule has 0 saturated carbocycles. The highest BCUT2D eigenvalue weighted by Crippen LogP contribution is 2.01. The van der Waals surface area contributed by atoms with Gasteiger partial charge in [0.15, 0.2) is 0 Å². The molecule has 0 radical (unpaired) electrons. The van der Waals surface area contributed by atoms with Crippen LogP contribution in [0.4, 0.5) is 0 Å². The molecule has 0 aromatic carbocycles. The maximum Gasteiger partial charge on any atom is 0.0582 e. The van der Waals surface area contributed by atoms with Crippen LogP contribution in [0.2, 0.25) is 0 Å². The van der Waals surface area contributed by atoms with Gasteiger partial charge in [-0.25, -0.2) is 0 Å². The lowest BCUT2D eigenvalue weighted by Crippen LogP contribution is -2.44. The van der Waals surface area contributed by atoms with E-state index in [0.29, 0.717) is 0 Å². The summed E-state index contributed by atoms with van der Waals surface area (Å²) in [6.45, 7) is 1.33. The zero-order chi connectivity index (χ0) is 9.02. The van der Waals surface area contributed by atoms with Gasteiger partial charge in [-0.05, 0) is 12.3 Å². The topological polar surface area (TPSA) is 106 Å². The van der Waals surface area contributed by atoms with Gasteiger partial charge in [0.05, 0.1) is 5.97 Å². The van der Waals surface area contributed by atoms with E-state index in [2.05, 4.69) is 0 Å². The second-order valence-corrected chi connectivity index (χ2v) is 2.38. The molecule has 5 nitrogen and oxygen atoms in total. The van der Waals surface area contributed by atoms with Gasteiger partial charge < -0.3 is 25.5 Å². The van der Waals surface area contributed by atoms with Crippen LogP contribution in [0.5, 0.6) is 0 Å². The van der Waals surface area contributed by atoms with Crippen LogP contribution in [0.1, 0.15) is 13.3 Å². The van der Waals surface area contributed by atoms with Crippen LogP contribution in [0.3, 0.4) is 0 Å². The number of nitrogens with two attached hydrogens (primary N) is 1. The molecule has 0 bridgehead atoms. The van der Waals surface area contributed by atoms with E-state index in [1.54, 1.807) is 0 Å². The van der Waals surface area contributed by atoms with Crippen LogP contribution in [-0.2, 0) is 9.59 Å². The lowest BCUT2D eigenvalue weighted by atomic mass is 10.0. The van der Waals surface area contributed by atoms with Crippen molar-refractivity contribution in [3.8, 4) is 0 Å². The second-order valence-electron chi connectivity index (χ2n) is 2.38. The molecule has 0 fully saturated rings. The number of carboxylic acid groups (broad SMARTS) is 2. The van der Waals surface area contributed by atoms with Crippen LogP contribution in [-0.4, -0.2) is 18.0 Å². The Balaban J connectivity index is 3.84. The van der Waals surface area contributed by atoms with E-state index in [1.807, 2.05) is 0 Å². The average Bonchev–Trinajstić information content (AvgIpc) is 1.87. The average molecular weight is 159 g/mol. The van der Waals surface area contributed by atoms with Crippen molar-refractivity contribution in [3.63, 3.8) is 0 Å². The molecule has 0 rings (SSSR count). The maximum atomic E-state index is 10.1. The molecular formula is C6H9NO4-2. The van der Waals surface area contributed by atoms with E-state index in [-0.39, 0.29) is 6.42 Å². The van der Waals surface area contributed by atoms with E-state index in [1.165, 1.54) is 6.92 Å². The summed E-state index contributed by atoms with van der Waals surface area (Å²) in [4.78, 5) is 20.1. The van der Waals surface area contributed by atoms with Crippen molar-refractivity contribution >= 4 is 11.9 Å². The molecule has 0 heterocycles. The molecule has 0 aliphatic heterocycles. The molecular weight excluding hydrogens is 150 g/mol. The summed E-state index contributed by atoms with van der Waals surface area (Å²) in [7, 11) is 0. The lowest BCUT2D eigenvalue weighted by Gasteiger charge is -2.18. The number of carbonyl (C=O) groups is 2. The van der Waals surface area contributed by atoms with Gasteiger partial charge in [-0.1, -0.05) is 6.92 Å². The molecule has 11 heavy (non-hydrogen) atoms. The molecule has 64 valence electrons. The smallest absolute Gasteiger partial charge is 0.0582 e. The Kier molecular flexibility index (Phi) is 3.53. The van der Waals surface area contributed by atoms with Crippen molar-refractivity contribution in [2.24, 2.45) is 11.7 Å². The number of rotatable bonds is 4. The summed E-state index contributed by atoms with van der Waals surface area (Å²) in [6.07, 6.45) is -0.162. The molecule has 0 aliphatic rings. The second kappa shape index (κ2) is 3.92. The number of hydrogen-bond donors (Lipinski definition) is 1. The first-order valence-electron chi connectivity index (χ1n) is 3.12. The number of hydrogen-bond acceptors (Lipinski definition) is 5. The van der Waals surface area contributed by atoms with E-state index in [0.717, 1.165) is 0 Å². The minimum absolute atomic E-state index is 0.162. The summed E-state index contributed by atoms with van der Waals surface area (Å²) in [5, 5.41) is 20.1. The fraction of sp³-hybridized carbons (Fsp3) is 0.667. The van der Waals surface area contributed by atoms with Gasteiger partial charge in [0.25, 0.3) is 0 Å².